The third-order valence-corrected chi connectivity index (χ3v) is 4.30. The van der Waals surface area contributed by atoms with Gasteiger partial charge in [-0.3, -0.25) is 0 Å². The highest BCUT2D eigenvalue weighted by Gasteiger charge is 2.19. The first-order chi connectivity index (χ1) is 9.20. The molecular weight excluding hydrogens is 240 g/mol. The Kier molecular flexibility index (Phi) is 3.86. The van der Waals surface area contributed by atoms with Crippen molar-refractivity contribution in [3.05, 3.63) is 17.7 Å². The zero-order valence-corrected chi connectivity index (χ0v) is 11.8. The second-order valence-corrected chi connectivity index (χ2v) is 5.89. The lowest BCUT2D eigenvalue weighted by Gasteiger charge is -2.32. The molecule has 1 aromatic rings. The van der Waals surface area contributed by atoms with Crippen molar-refractivity contribution in [2.24, 2.45) is 0 Å². The molecule has 106 valence electrons. The van der Waals surface area contributed by atoms with E-state index in [1.54, 1.807) is 0 Å². The van der Waals surface area contributed by atoms with Gasteiger partial charge >= 0.3 is 0 Å². The fraction of sp³-hybridized carbons (Fsp3) is 0.786. The first kappa shape index (κ1) is 13.1. The smallest absolute Gasteiger partial charge is 0.109 e. The van der Waals surface area contributed by atoms with Crippen molar-refractivity contribution in [3.8, 4) is 0 Å². The van der Waals surface area contributed by atoms with E-state index in [-0.39, 0.29) is 6.10 Å². The number of fused-ring (bicyclic) bond motifs is 1. The summed E-state index contributed by atoms with van der Waals surface area (Å²) in [5, 5.41) is 9.66. The summed E-state index contributed by atoms with van der Waals surface area (Å²) in [6.07, 6.45) is 4.74. The minimum absolute atomic E-state index is 0.188. The molecule has 0 aromatic carbocycles. The molecule has 1 N–H and O–H groups in total. The van der Waals surface area contributed by atoms with Gasteiger partial charge in [0.2, 0.25) is 0 Å². The van der Waals surface area contributed by atoms with Gasteiger partial charge in [-0.05, 0) is 13.5 Å². The first-order valence-electron chi connectivity index (χ1n) is 7.34. The summed E-state index contributed by atoms with van der Waals surface area (Å²) in [6, 6.07) is 0. The van der Waals surface area contributed by atoms with Crippen LogP contribution in [0, 0.1) is 0 Å². The molecule has 2 aliphatic rings. The minimum atomic E-state index is -0.188. The Labute approximate surface area is 114 Å². The van der Waals surface area contributed by atoms with Crippen LogP contribution in [0.1, 0.15) is 17.9 Å². The number of hydrogen-bond acceptors (Lipinski definition) is 4. The molecule has 1 unspecified atom stereocenters. The molecule has 1 atom stereocenters. The Bertz CT molecular complexity index is 423. The fourth-order valence-electron chi connectivity index (χ4n) is 2.95. The van der Waals surface area contributed by atoms with E-state index in [1.165, 1.54) is 31.9 Å². The molecule has 0 bridgehead atoms. The van der Waals surface area contributed by atoms with Gasteiger partial charge in [-0.1, -0.05) is 0 Å². The molecular formula is C14H24N4O. The Morgan fingerprint density at radius 2 is 2.11 bits per heavy atom. The fourth-order valence-corrected chi connectivity index (χ4v) is 2.95. The summed E-state index contributed by atoms with van der Waals surface area (Å²) in [6.45, 7) is 6.51. The molecule has 0 radical (unpaired) electrons. The van der Waals surface area contributed by atoms with Crippen molar-refractivity contribution in [2.45, 2.75) is 31.9 Å². The van der Waals surface area contributed by atoms with Gasteiger partial charge in [0.25, 0.3) is 0 Å². The quantitative estimate of drug-likeness (QED) is 0.833. The van der Waals surface area contributed by atoms with Gasteiger partial charge in [0, 0.05) is 58.3 Å². The number of nitrogens with zero attached hydrogens (tertiary/aromatic N) is 4. The Morgan fingerprint density at radius 3 is 2.89 bits per heavy atom. The van der Waals surface area contributed by atoms with Crippen LogP contribution in [0.4, 0.5) is 0 Å². The average Bonchev–Trinajstić information content (AvgIpc) is 2.80. The summed E-state index contributed by atoms with van der Waals surface area (Å²) >= 11 is 0. The van der Waals surface area contributed by atoms with Crippen LogP contribution in [0.25, 0.3) is 0 Å². The number of imidazole rings is 1. The maximum Gasteiger partial charge on any atom is 0.109 e. The normalized spacial score (nSPS) is 25.5. The van der Waals surface area contributed by atoms with Crippen LogP contribution in [0.2, 0.25) is 0 Å². The van der Waals surface area contributed by atoms with Crippen LogP contribution in [-0.2, 0) is 19.4 Å². The van der Waals surface area contributed by atoms with Gasteiger partial charge < -0.3 is 19.5 Å². The van der Waals surface area contributed by atoms with E-state index in [0.29, 0.717) is 0 Å². The van der Waals surface area contributed by atoms with E-state index in [9.17, 15) is 5.11 Å². The molecule has 19 heavy (non-hydrogen) atoms. The van der Waals surface area contributed by atoms with Crippen molar-refractivity contribution in [1.29, 1.82) is 0 Å². The maximum absolute atomic E-state index is 9.66. The second-order valence-electron chi connectivity index (χ2n) is 5.89. The SMILES string of the molecule is CN1CCN(CCc2cn3c(n2)CCC(O)C3)CC1. The molecule has 3 rings (SSSR count). The number of hydrogen-bond donors (Lipinski definition) is 1. The molecule has 0 spiro atoms. The Morgan fingerprint density at radius 1 is 1.32 bits per heavy atom. The van der Waals surface area contributed by atoms with Crippen molar-refractivity contribution < 1.29 is 5.11 Å². The topological polar surface area (TPSA) is 44.5 Å². The molecule has 5 heteroatoms. The monoisotopic (exact) mass is 264 g/mol. The Balaban J connectivity index is 1.53. The predicted octanol–water partition coefficient (Wildman–Crippen LogP) is -0.0199. The zero-order valence-electron chi connectivity index (χ0n) is 11.8. The van der Waals surface area contributed by atoms with Crippen LogP contribution >= 0.6 is 0 Å². The highest BCUT2D eigenvalue weighted by atomic mass is 16.3. The van der Waals surface area contributed by atoms with Crippen LogP contribution in [0.3, 0.4) is 0 Å². The number of aliphatic hydroxyl groups is 1. The van der Waals surface area contributed by atoms with Crippen LogP contribution < -0.4 is 0 Å². The van der Waals surface area contributed by atoms with Gasteiger partial charge in [-0.2, -0.15) is 0 Å². The molecule has 1 saturated heterocycles. The lowest BCUT2D eigenvalue weighted by molar-refractivity contribution is 0.130. The van der Waals surface area contributed by atoms with Crippen LogP contribution in [-0.4, -0.2) is 70.3 Å². The molecule has 2 aliphatic heterocycles. The molecule has 0 saturated carbocycles. The number of piperazine rings is 1. The van der Waals surface area contributed by atoms with Crippen molar-refractivity contribution in [1.82, 2.24) is 19.4 Å². The standard InChI is InChI=1S/C14H24N4O/c1-16-6-8-17(9-7-16)5-4-12-10-18-11-13(19)2-3-14(18)15-12/h10,13,19H,2-9,11H2,1H3. The van der Waals surface area contributed by atoms with Gasteiger partial charge in [0.15, 0.2) is 0 Å². The van der Waals surface area contributed by atoms with Crippen molar-refractivity contribution in [2.75, 3.05) is 39.8 Å². The summed E-state index contributed by atoms with van der Waals surface area (Å²) in [7, 11) is 2.19. The largest absolute Gasteiger partial charge is 0.391 e. The molecule has 5 nitrogen and oxygen atoms in total. The number of rotatable bonds is 3. The maximum atomic E-state index is 9.66. The lowest BCUT2D eigenvalue weighted by atomic mass is 10.1. The van der Waals surface area contributed by atoms with E-state index in [2.05, 4.69) is 27.6 Å². The summed E-state index contributed by atoms with van der Waals surface area (Å²) < 4.78 is 2.13. The molecule has 3 heterocycles. The van der Waals surface area contributed by atoms with E-state index in [0.717, 1.165) is 38.2 Å². The van der Waals surface area contributed by atoms with Crippen LogP contribution in [0.5, 0.6) is 0 Å². The van der Waals surface area contributed by atoms with Gasteiger partial charge in [0.05, 0.1) is 11.8 Å². The van der Waals surface area contributed by atoms with E-state index in [4.69, 9.17) is 4.98 Å². The minimum Gasteiger partial charge on any atom is -0.391 e. The van der Waals surface area contributed by atoms with Crippen molar-refractivity contribution in [3.63, 3.8) is 0 Å². The first-order valence-corrected chi connectivity index (χ1v) is 7.34. The summed E-state index contributed by atoms with van der Waals surface area (Å²) in [4.78, 5) is 9.60. The Hall–Kier alpha value is -0.910. The third kappa shape index (κ3) is 3.16. The number of aryl methyl sites for hydroxylation is 1. The lowest BCUT2D eigenvalue weighted by Crippen LogP contribution is -2.45. The number of aromatic nitrogens is 2. The third-order valence-electron chi connectivity index (χ3n) is 4.30. The van der Waals surface area contributed by atoms with Crippen LogP contribution in [0.15, 0.2) is 6.20 Å². The molecule has 1 aromatic heterocycles. The number of likely N-dealkylation sites (N-methyl/N-ethyl adjacent to an activating group) is 1. The van der Waals surface area contributed by atoms with Gasteiger partial charge in [-0.15, -0.1) is 0 Å². The van der Waals surface area contributed by atoms with E-state index >= 15 is 0 Å². The molecule has 0 aliphatic carbocycles. The average molecular weight is 264 g/mol. The van der Waals surface area contributed by atoms with Crippen molar-refractivity contribution >= 4 is 0 Å². The highest BCUT2D eigenvalue weighted by molar-refractivity contribution is 5.07. The van der Waals surface area contributed by atoms with Gasteiger partial charge in [0.1, 0.15) is 5.82 Å². The predicted molar refractivity (Wildman–Crippen MR) is 74.2 cm³/mol. The second kappa shape index (κ2) is 5.61. The molecule has 1 fully saturated rings. The summed E-state index contributed by atoms with van der Waals surface area (Å²) in [5.74, 6) is 1.15. The zero-order chi connectivity index (χ0) is 13.2. The number of aliphatic hydroxyl groups excluding tert-OH is 1. The van der Waals surface area contributed by atoms with Gasteiger partial charge in [-0.25, -0.2) is 4.98 Å². The van der Waals surface area contributed by atoms with E-state index in [1.807, 2.05) is 0 Å². The highest BCUT2D eigenvalue weighted by Crippen LogP contribution is 2.15. The molecule has 0 amide bonds. The van der Waals surface area contributed by atoms with E-state index < -0.39 is 0 Å². The summed E-state index contributed by atoms with van der Waals surface area (Å²) in [5.41, 5.74) is 1.18.